The molecule has 0 fully saturated rings. The van der Waals surface area contributed by atoms with Crippen molar-refractivity contribution < 1.29 is 13.9 Å². The number of hydrogen-bond donors (Lipinski definition) is 1. The van der Waals surface area contributed by atoms with Gasteiger partial charge in [-0.15, -0.1) is 0 Å². The van der Waals surface area contributed by atoms with E-state index in [1.807, 2.05) is 25.1 Å². The molecule has 0 aliphatic heterocycles. The van der Waals surface area contributed by atoms with Gasteiger partial charge in [0, 0.05) is 5.39 Å². The van der Waals surface area contributed by atoms with Gasteiger partial charge in [-0.05, 0) is 36.2 Å². The van der Waals surface area contributed by atoms with E-state index in [4.69, 9.17) is 16.0 Å². The molecule has 102 valence electrons. The molecule has 1 aromatic heterocycles. The van der Waals surface area contributed by atoms with Gasteiger partial charge < -0.3 is 9.52 Å². The molecule has 0 amide bonds. The highest BCUT2D eigenvalue weighted by molar-refractivity contribution is 6.30. The van der Waals surface area contributed by atoms with E-state index in [2.05, 4.69) is 0 Å². The average molecular weight is 291 g/mol. The van der Waals surface area contributed by atoms with Crippen molar-refractivity contribution >= 4 is 22.6 Å². The van der Waals surface area contributed by atoms with Gasteiger partial charge in [0.15, 0.2) is 0 Å². The molecule has 3 rings (SSSR count). The lowest BCUT2D eigenvalue weighted by molar-refractivity contribution is 0.192. The third kappa shape index (κ3) is 2.19. The fourth-order valence-electron chi connectivity index (χ4n) is 2.21. The van der Waals surface area contributed by atoms with Gasteiger partial charge in [0.25, 0.3) is 0 Å². The summed E-state index contributed by atoms with van der Waals surface area (Å²) in [6, 6.07) is 11.7. The summed E-state index contributed by atoms with van der Waals surface area (Å²) in [5.41, 5.74) is 2.24. The van der Waals surface area contributed by atoms with Crippen LogP contribution in [0.15, 0.2) is 46.9 Å². The van der Waals surface area contributed by atoms with E-state index in [1.165, 1.54) is 18.2 Å². The second kappa shape index (κ2) is 4.93. The lowest BCUT2D eigenvalue weighted by Gasteiger charge is -2.08. The second-order valence-electron chi connectivity index (χ2n) is 4.72. The fourth-order valence-corrected chi connectivity index (χ4v) is 2.40. The van der Waals surface area contributed by atoms with Crippen LogP contribution in [0.25, 0.3) is 11.0 Å². The van der Waals surface area contributed by atoms with Gasteiger partial charge in [-0.1, -0.05) is 35.9 Å². The fraction of sp³-hybridized carbons (Fsp3) is 0.125. The Hall–Kier alpha value is -1.84. The number of halogens is 2. The summed E-state index contributed by atoms with van der Waals surface area (Å²) in [5.74, 6) is -0.0972. The van der Waals surface area contributed by atoms with Crippen LogP contribution in [0.5, 0.6) is 0 Å². The first-order valence-corrected chi connectivity index (χ1v) is 6.56. The van der Waals surface area contributed by atoms with Crippen molar-refractivity contribution in [2.24, 2.45) is 0 Å². The zero-order valence-electron chi connectivity index (χ0n) is 10.7. The lowest BCUT2D eigenvalue weighted by Crippen LogP contribution is -1.98. The highest BCUT2D eigenvalue weighted by Gasteiger charge is 2.17. The van der Waals surface area contributed by atoms with E-state index in [9.17, 15) is 9.50 Å². The maximum Gasteiger partial charge on any atom is 0.141 e. The summed E-state index contributed by atoms with van der Waals surface area (Å²) < 4.78 is 18.8. The monoisotopic (exact) mass is 290 g/mol. The van der Waals surface area contributed by atoms with E-state index < -0.39 is 11.9 Å². The Balaban J connectivity index is 2.05. The van der Waals surface area contributed by atoms with Crippen molar-refractivity contribution in [3.63, 3.8) is 0 Å². The second-order valence-corrected chi connectivity index (χ2v) is 5.13. The van der Waals surface area contributed by atoms with Crippen LogP contribution in [0.3, 0.4) is 0 Å². The van der Waals surface area contributed by atoms with Crippen LogP contribution in [0.1, 0.15) is 23.0 Å². The summed E-state index contributed by atoms with van der Waals surface area (Å²) in [5, 5.41) is 11.2. The molecule has 1 atom stereocenters. The first-order chi connectivity index (χ1) is 9.56. The summed E-state index contributed by atoms with van der Waals surface area (Å²) in [4.78, 5) is 0. The van der Waals surface area contributed by atoms with Gasteiger partial charge in [-0.25, -0.2) is 4.39 Å². The van der Waals surface area contributed by atoms with Crippen molar-refractivity contribution in [3.8, 4) is 0 Å². The van der Waals surface area contributed by atoms with Crippen molar-refractivity contribution in [3.05, 3.63) is 70.2 Å². The number of aliphatic hydroxyl groups excluding tert-OH is 1. The number of para-hydroxylation sites is 1. The van der Waals surface area contributed by atoms with Gasteiger partial charge in [0.05, 0.1) is 5.02 Å². The van der Waals surface area contributed by atoms with Crippen molar-refractivity contribution in [1.29, 1.82) is 0 Å². The molecule has 0 radical (unpaired) electrons. The number of hydrogen-bond acceptors (Lipinski definition) is 2. The van der Waals surface area contributed by atoms with Gasteiger partial charge >= 0.3 is 0 Å². The molecular formula is C16H12ClFO2. The van der Waals surface area contributed by atoms with Crippen LogP contribution in [0, 0.1) is 12.7 Å². The van der Waals surface area contributed by atoms with Crippen LogP contribution >= 0.6 is 11.6 Å². The summed E-state index contributed by atoms with van der Waals surface area (Å²) in [6.07, 6.45) is -0.972. The van der Waals surface area contributed by atoms with Gasteiger partial charge in [0.1, 0.15) is 23.3 Å². The quantitative estimate of drug-likeness (QED) is 0.747. The number of rotatable bonds is 2. The number of benzene rings is 2. The molecule has 2 aromatic carbocycles. The Labute approximate surface area is 120 Å². The van der Waals surface area contributed by atoms with E-state index >= 15 is 0 Å². The van der Waals surface area contributed by atoms with E-state index in [-0.39, 0.29) is 5.02 Å². The normalized spacial score (nSPS) is 12.8. The lowest BCUT2D eigenvalue weighted by atomic mass is 10.1. The zero-order chi connectivity index (χ0) is 14.3. The number of aliphatic hydroxyl groups is 1. The Morgan fingerprint density at radius 2 is 2.00 bits per heavy atom. The largest absolute Gasteiger partial charge is 0.458 e. The Kier molecular flexibility index (Phi) is 3.24. The molecule has 20 heavy (non-hydrogen) atoms. The third-order valence-corrected chi connectivity index (χ3v) is 3.58. The minimum Gasteiger partial charge on any atom is -0.458 e. The van der Waals surface area contributed by atoms with Gasteiger partial charge in [-0.3, -0.25) is 0 Å². The van der Waals surface area contributed by atoms with Crippen molar-refractivity contribution in [1.82, 2.24) is 0 Å². The molecular weight excluding hydrogens is 279 g/mol. The standard InChI is InChI=1S/C16H12ClFO2/c1-9-3-2-4-11-8-14(20-16(9)11)15(19)10-5-6-13(18)12(17)7-10/h2-8,15,19H,1H3. The molecule has 0 bridgehead atoms. The molecule has 2 nitrogen and oxygen atoms in total. The average Bonchev–Trinajstić information content (AvgIpc) is 2.86. The zero-order valence-corrected chi connectivity index (χ0v) is 11.5. The molecule has 1 heterocycles. The smallest absolute Gasteiger partial charge is 0.141 e. The highest BCUT2D eigenvalue weighted by Crippen LogP contribution is 2.31. The van der Waals surface area contributed by atoms with Crippen LogP contribution < -0.4 is 0 Å². The van der Waals surface area contributed by atoms with Crippen molar-refractivity contribution in [2.45, 2.75) is 13.0 Å². The Morgan fingerprint density at radius 3 is 2.70 bits per heavy atom. The molecule has 0 aliphatic rings. The predicted molar refractivity (Wildman–Crippen MR) is 76.4 cm³/mol. The minimum absolute atomic E-state index is 0.0196. The van der Waals surface area contributed by atoms with E-state index in [1.54, 1.807) is 6.07 Å². The van der Waals surface area contributed by atoms with Crippen LogP contribution in [-0.4, -0.2) is 5.11 Å². The first kappa shape index (κ1) is 13.2. The van der Waals surface area contributed by atoms with Crippen LogP contribution in [-0.2, 0) is 0 Å². The molecule has 0 spiro atoms. The SMILES string of the molecule is Cc1cccc2cc(C(O)c3ccc(F)c(Cl)c3)oc12. The minimum atomic E-state index is -0.972. The van der Waals surface area contributed by atoms with Gasteiger partial charge in [0.2, 0.25) is 0 Å². The maximum atomic E-state index is 13.1. The number of fused-ring (bicyclic) bond motifs is 1. The summed E-state index contributed by atoms with van der Waals surface area (Å²) in [6.45, 7) is 1.94. The highest BCUT2D eigenvalue weighted by atomic mass is 35.5. The molecule has 1 N–H and O–H groups in total. The number of aryl methyl sites for hydroxylation is 1. The molecule has 0 saturated heterocycles. The topological polar surface area (TPSA) is 33.4 Å². The van der Waals surface area contributed by atoms with E-state index in [0.717, 1.165) is 16.5 Å². The molecule has 1 unspecified atom stereocenters. The molecule has 3 aromatic rings. The number of furan rings is 1. The Morgan fingerprint density at radius 1 is 1.20 bits per heavy atom. The molecule has 0 aliphatic carbocycles. The van der Waals surface area contributed by atoms with Crippen molar-refractivity contribution in [2.75, 3.05) is 0 Å². The first-order valence-electron chi connectivity index (χ1n) is 6.18. The maximum absolute atomic E-state index is 13.1. The van der Waals surface area contributed by atoms with E-state index in [0.29, 0.717) is 11.3 Å². The molecule has 0 saturated carbocycles. The third-order valence-electron chi connectivity index (χ3n) is 3.29. The Bertz CT molecular complexity index is 779. The van der Waals surface area contributed by atoms with Crippen LogP contribution in [0.2, 0.25) is 5.02 Å². The van der Waals surface area contributed by atoms with Crippen LogP contribution in [0.4, 0.5) is 4.39 Å². The summed E-state index contributed by atoms with van der Waals surface area (Å²) >= 11 is 5.73. The van der Waals surface area contributed by atoms with Gasteiger partial charge in [-0.2, -0.15) is 0 Å². The molecule has 4 heteroatoms. The summed E-state index contributed by atoms with van der Waals surface area (Å²) in [7, 11) is 0. The predicted octanol–water partition coefficient (Wildman–Crippen LogP) is 4.62.